The smallest absolute Gasteiger partial charge is 0.327 e. The normalized spacial score (nSPS) is 18.6. The second-order valence-electron chi connectivity index (χ2n) is 4.14. The molecule has 1 aromatic carbocycles. The van der Waals surface area contributed by atoms with Gasteiger partial charge in [0.2, 0.25) is 0 Å². The maximum Gasteiger partial charge on any atom is 0.327 e. The Kier molecular flexibility index (Phi) is 4.12. The molecule has 1 aliphatic rings. The molecule has 1 atom stereocenters. The van der Waals surface area contributed by atoms with Crippen LogP contribution in [0.4, 0.5) is 0 Å². The Bertz CT molecular complexity index is 360. The molecule has 4 heteroatoms. The van der Waals surface area contributed by atoms with E-state index in [-0.39, 0.29) is 12.1 Å². The molecule has 0 aliphatic carbocycles. The molecule has 0 aromatic heterocycles. The molecule has 0 bridgehead atoms. The van der Waals surface area contributed by atoms with Gasteiger partial charge in [-0.15, -0.1) is 0 Å². The Morgan fingerprint density at radius 2 is 1.94 bits per heavy atom. The van der Waals surface area contributed by atoms with Gasteiger partial charge in [0.25, 0.3) is 0 Å². The SMILES string of the molecule is N[C@@H](C(=O)OC1CCOCC1)c1ccccc1. The Morgan fingerprint density at radius 3 is 2.59 bits per heavy atom. The molecule has 17 heavy (non-hydrogen) atoms. The third-order valence-electron chi connectivity index (χ3n) is 2.86. The summed E-state index contributed by atoms with van der Waals surface area (Å²) in [5.41, 5.74) is 6.63. The van der Waals surface area contributed by atoms with E-state index in [0.717, 1.165) is 18.4 Å². The molecule has 2 rings (SSSR count). The molecule has 92 valence electrons. The fraction of sp³-hybridized carbons (Fsp3) is 0.462. The van der Waals surface area contributed by atoms with E-state index in [1.54, 1.807) is 0 Å². The van der Waals surface area contributed by atoms with Gasteiger partial charge in [-0.1, -0.05) is 30.3 Å². The van der Waals surface area contributed by atoms with Crippen LogP contribution in [0.15, 0.2) is 30.3 Å². The summed E-state index contributed by atoms with van der Waals surface area (Å²) >= 11 is 0. The van der Waals surface area contributed by atoms with E-state index in [4.69, 9.17) is 15.2 Å². The average molecular weight is 235 g/mol. The quantitative estimate of drug-likeness (QED) is 0.805. The van der Waals surface area contributed by atoms with Crippen molar-refractivity contribution in [3.63, 3.8) is 0 Å². The summed E-state index contributed by atoms with van der Waals surface area (Å²) in [7, 11) is 0. The van der Waals surface area contributed by atoms with Crippen molar-refractivity contribution in [3.8, 4) is 0 Å². The van der Waals surface area contributed by atoms with E-state index < -0.39 is 6.04 Å². The first kappa shape index (κ1) is 12.1. The van der Waals surface area contributed by atoms with Gasteiger partial charge in [-0.3, -0.25) is 0 Å². The predicted molar refractivity (Wildman–Crippen MR) is 63.3 cm³/mol. The highest BCUT2D eigenvalue weighted by atomic mass is 16.6. The van der Waals surface area contributed by atoms with Gasteiger partial charge in [0, 0.05) is 12.8 Å². The van der Waals surface area contributed by atoms with Crippen molar-refractivity contribution in [2.45, 2.75) is 25.0 Å². The first-order valence-electron chi connectivity index (χ1n) is 5.86. The fourth-order valence-electron chi connectivity index (χ4n) is 1.83. The van der Waals surface area contributed by atoms with E-state index in [2.05, 4.69) is 0 Å². The van der Waals surface area contributed by atoms with Gasteiger partial charge in [-0.2, -0.15) is 0 Å². The number of benzene rings is 1. The van der Waals surface area contributed by atoms with Crippen LogP contribution >= 0.6 is 0 Å². The van der Waals surface area contributed by atoms with E-state index >= 15 is 0 Å². The predicted octanol–water partition coefficient (Wildman–Crippen LogP) is 1.41. The maximum atomic E-state index is 11.8. The van der Waals surface area contributed by atoms with Crippen molar-refractivity contribution in [1.82, 2.24) is 0 Å². The third kappa shape index (κ3) is 3.28. The number of esters is 1. The van der Waals surface area contributed by atoms with Crippen LogP contribution in [0.3, 0.4) is 0 Å². The van der Waals surface area contributed by atoms with Gasteiger partial charge in [0.05, 0.1) is 13.2 Å². The Morgan fingerprint density at radius 1 is 1.29 bits per heavy atom. The monoisotopic (exact) mass is 235 g/mol. The average Bonchev–Trinajstić information content (AvgIpc) is 2.40. The van der Waals surface area contributed by atoms with E-state index in [9.17, 15) is 4.79 Å². The van der Waals surface area contributed by atoms with Crippen molar-refractivity contribution in [2.75, 3.05) is 13.2 Å². The minimum absolute atomic E-state index is 0.0500. The lowest BCUT2D eigenvalue weighted by molar-refractivity contribution is -0.154. The number of carbonyl (C=O) groups excluding carboxylic acids is 1. The van der Waals surface area contributed by atoms with Crippen LogP contribution < -0.4 is 5.73 Å². The van der Waals surface area contributed by atoms with Crippen LogP contribution in [0.2, 0.25) is 0 Å². The number of nitrogens with two attached hydrogens (primary N) is 1. The highest BCUT2D eigenvalue weighted by Gasteiger charge is 2.23. The molecule has 0 saturated carbocycles. The topological polar surface area (TPSA) is 61.6 Å². The van der Waals surface area contributed by atoms with Gasteiger partial charge >= 0.3 is 5.97 Å². The Balaban J connectivity index is 1.91. The van der Waals surface area contributed by atoms with Crippen LogP contribution in [-0.2, 0) is 14.3 Å². The van der Waals surface area contributed by atoms with E-state index in [0.29, 0.717) is 13.2 Å². The summed E-state index contributed by atoms with van der Waals surface area (Å²) in [4.78, 5) is 11.8. The molecule has 0 amide bonds. The van der Waals surface area contributed by atoms with E-state index in [1.165, 1.54) is 0 Å². The highest BCUT2D eigenvalue weighted by molar-refractivity contribution is 5.77. The zero-order chi connectivity index (χ0) is 12.1. The second-order valence-corrected chi connectivity index (χ2v) is 4.14. The number of rotatable bonds is 3. The molecule has 2 N–H and O–H groups in total. The minimum atomic E-state index is -0.695. The molecule has 1 aromatic rings. The van der Waals surface area contributed by atoms with E-state index in [1.807, 2.05) is 30.3 Å². The molecule has 0 spiro atoms. The number of hydrogen-bond donors (Lipinski definition) is 1. The van der Waals surface area contributed by atoms with Gasteiger partial charge < -0.3 is 15.2 Å². The Hall–Kier alpha value is -1.39. The van der Waals surface area contributed by atoms with Crippen molar-refractivity contribution in [1.29, 1.82) is 0 Å². The third-order valence-corrected chi connectivity index (χ3v) is 2.86. The molecule has 1 fully saturated rings. The summed E-state index contributed by atoms with van der Waals surface area (Å²) in [6.07, 6.45) is 1.46. The molecular weight excluding hydrogens is 218 g/mol. The zero-order valence-electron chi connectivity index (χ0n) is 9.67. The van der Waals surface area contributed by atoms with Crippen molar-refractivity contribution in [2.24, 2.45) is 5.73 Å². The molecule has 0 unspecified atom stereocenters. The summed E-state index contributed by atoms with van der Waals surface area (Å²) in [6.45, 7) is 1.30. The van der Waals surface area contributed by atoms with Crippen LogP contribution in [0, 0.1) is 0 Å². The Labute approximate surface area is 101 Å². The van der Waals surface area contributed by atoms with Gasteiger partial charge in [0.1, 0.15) is 12.1 Å². The van der Waals surface area contributed by atoms with Gasteiger partial charge in [-0.05, 0) is 5.56 Å². The molecule has 0 radical (unpaired) electrons. The van der Waals surface area contributed by atoms with Crippen LogP contribution in [0.1, 0.15) is 24.4 Å². The van der Waals surface area contributed by atoms with Crippen molar-refractivity contribution >= 4 is 5.97 Å². The molecule has 4 nitrogen and oxygen atoms in total. The standard InChI is InChI=1S/C13H17NO3/c14-12(10-4-2-1-3-5-10)13(15)17-11-6-8-16-9-7-11/h1-5,11-12H,6-9,14H2/t12-/m1/s1. The fourth-order valence-corrected chi connectivity index (χ4v) is 1.83. The maximum absolute atomic E-state index is 11.8. The largest absolute Gasteiger partial charge is 0.461 e. The summed E-state index contributed by atoms with van der Waals surface area (Å²) in [5.74, 6) is -0.358. The van der Waals surface area contributed by atoms with Crippen molar-refractivity contribution < 1.29 is 14.3 Å². The lowest BCUT2D eigenvalue weighted by Gasteiger charge is -2.23. The number of ether oxygens (including phenoxy) is 2. The van der Waals surface area contributed by atoms with Crippen LogP contribution in [0.25, 0.3) is 0 Å². The summed E-state index contributed by atoms with van der Waals surface area (Å²) < 4.78 is 10.6. The molecule has 1 saturated heterocycles. The zero-order valence-corrected chi connectivity index (χ0v) is 9.67. The minimum Gasteiger partial charge on any atom is -0.461 e. The lowest BCUT2D eigenvalue weighted by atomic mass is 10.1. The molecular formula is C13H17NO3. The number of hydrogen-bond acceptors (Lipinski definition) is 4. The molecule has 1 aliphatic heterocycles. The first-order chi connectivity index (χ1) is 8.27. The number of carbonyl (C=O) groups is 1. The van der Waals surface area contributed by atoms with Gasteiger partial charge in [-0.25, -0.2) is 4.79 Å². The van der Waals surface area contributed by atoms with Crippen molar-refractivity contribution in [3.05, 3.63) is 35.9 Å². The summed E-state index contributed by atoms with van der Waals surface area (Å²) in [5, 5.41) is 0. The van der Waals surface area contributed by atoms with Gasteiger partial charge in [0.15, 0.2) is 0 Å². The lowest BCUT2D eigenvalue weighted by Crippen LogP contribution is -2.31. The second kappa shape index (κ2) is 5.80. The van der Waals surface area contributed by atoms with Crippen LogP contribution in [0.5, 0.6) is 0 Å². The first-order valence-corrected chi connectivity index (χ1v) is 5.86. The highest BCUT2D eigenvalue weighted by Crippen LogP contribution is 2.16. The van der Waals surface area contributed by atoms with Crippen LogP contribution in [-0.4, -0.2) is 25.3 Å². The molecule has 1 heterocycles. The summed E-state index contributed by atoms with van der Waals surface area (Å²) in [6, 6.07) is 8.57.